The molecule has 3 aromatic rings. The average molecular weight is 353 g/mol. The summed E-state index contributed by atoms with van der Waals surface area (Å²) in [7, 11) is 0. The summed E-state index contributed by atoms with van der Waals surface area (Å²) in [5.74, 6) is 0.433. The lowest BCUT2D eigenvalue weighted by Gasteiger charge is -2.10. The first-order valence-corrected chi connectivity index (χ1v) is 8.45. The molecule has 5 nitrogen and oxygen atoms in total. The molecule has 134 valence electrons. The molecule has 2 N–H and O–H groups in total. The Labute approximate surface area is 151 Å². The Morgan fingerprint density at radius 3 is 2.62 bits per heavy atom. The first kappa shape index (κ1) is 17.7. The molecule has 0 aliphatic rings. The van der Waals surface area contributed by atoms with E-state index in [1.807, 2.05) is 30.3 Å². The smallest absolute Gasteiger partial charge is 0.314 e. The van der Waals surface area contributed by atoms with Gasteiger partial charge in [-0.1, -0.05) is 30.3 Å². The van der Waals surface area contributed by atoms with Crippen LogP contribution in [0.4, 0.5) is 9.18 Å². The van der Waals surface area contributed by atoms with Gasteiger partial charge in [-0.05, 0) is 36.2 Å². The number of aromatic nitrogens is 1. The molecule has 0 bridgehead atoms. The van der Waals surface area contributed by atoms with Gasteiger partial charge in [0.05, 0.1) is 6.54 Å². The standard InChI is InChI=1S/C20H20FN3O2/c21-17-8-6-15(7-9-17)10-12-23-20(25)24-13-14-26-18-5-1-3-16-4-2-11-22-19(16)18/h1-9,11H,10,12-14H2,(H2,23,24,25). The number of benzene rings is 2. The van der Waals surface area contributed by atoms with Gasteiger partial charge in [-0.3, -0.25) is 4.98 Å². The topological polar surface area (TPSA) is 63.2 Å². The summed E-state index contributed by atoms with van der Waals surface area (Å²) in [4.78, 5) is 16.1. The van der Waals surface area contributed by atoms with Gasteiger partial charge < -0.3 is 15.4 Å². The summed E-state index contributed by atoms with van der Waals surface area (Å²) in [6.07, 6.45) is 2.37. The fourth-order valence-electron chi connectivity index (χ4n) is 2.55. The Morgan fingerprint density at radius 1 is 1.00 bits per heavy atom. The van der Waals surface area contributed by atoms with Crippen LogP contribution in [-0.4, -0.2) is 30.7 Å². The summed E-state index contributed by atoms with van der Waals surface area (Å²) in [5, 5.41) is 6.51. The molecular formula is C20H20FN3O2. The van der Waals surface area contributed by atoms with Crippen molar-refractivity contribution in [3.05, 3.63) is 72.2 Å². The van der Waals surface area contributed by atoms with Gasteiger partial charge in [0.25, 0.3) is 0 Å². The molecule has 26 heavy (non-hydrogen) atoms. The van der Waals surface area contributed by atoms with E-state index in [9.17, 15) is 9.18 Å². The van der Waals surface area contributed by atoms with Crippen molar-refractivity contribution in [2.45, 2.75) is 6.42 Å². The van der Waals surface area contributed by atoms with Gasteiger partial charge in [-0.25, -0.2) is 9.18 Å². The van der Waals surface area contributed by atoms with E-state index in [4.69, 9.17) is 4.74 Å². The first-order valence-electron chi connectivity index (χ1n) is 8.45. The lowest BCUT2D eigenvalue weighted by molar-refractivity contribution is 0.237. The number of ether oxygens (including phenoxy) is 1. The largest absolute Gasteiger partial charge is 0.489 e. The molecule has 2 amide bonds. The van der Waals surface area contributed by atoms with Gasteiger partial charge in [0, 0.05) is 18.1 Å². The van der Waals surface area contributed by atoms with Crippen LogP contribution >= 0.6 is 0 Å². The molecule has 0 spiro atoms. The summed E-state index contributed by atoms with van der Waals surface area (Å²) in [6.45, 7) is 1.21. The van der Waals surface area contributed by atoms with Crippen LogP contribution < -0.4 is 15.4 Å². The van der Waals surface area contributed by atoms with Crippen molar-refractivity contribution in [1.29, 1.82) is 0 Å². The minimum Gasteiger partial charge on any atom is -0.489 e. The molecule has 0 fully saturated rings. The SMILES string of the molecule is O=C(NCCOc1cccc2cccnc12)NCCc1ccc(F)cc1. The number of fused-ring (bicyclic) bond motifs is 1. The van der Waals surface area contributed by atoms with E-state index in [-0.39, 0.29) is 11.8 Å². The van der Waals surface area contributed by atoms with Crippen LogP contribution in [0.15, 0.2) is 60.8 Å². The highest BCUT2D eigenvalue weighted by atomic mass is 19.1. The molecular weight excluding hydrogens is 333 g/mol. The van der Waals surface area contributed by atoms with Gasteiger partial charge in [0.1, 0.15) is 23.7 Å². The van der Waals surface area contributed by atoms with Crippen molar-refractivity contribution in [3.8, 4) is 5.75 Å². The normalized spacial score (nSPS) is 10.5. The molecule has 0 saturated heterocycles. The van der Waals surface area contributed by atoms with Crippen LogP contribution in [0.25, 0.3) is 10.9 Å². The third kappa shape index (κ3) is 4.92. The van der Waals surface area contributed by atoms with Gasteiger partial charge in [0.2, 0.25) is 0 Å². The molecule has 0 aliphatic heterocycles. The van der Waals surface area contributed by atoms with E-state index in [0.29, 0.717) is 31.9 Å². The zero-order valence-corrected chi connectivity index (χ0v) is 14.2. The number of carbonyl (C=O) groups excluding carboxylic acids is 1. The fourth-order valence-corrected chi connectivity index (χ4v) is 2.55. The number of pyridine rings is 1. The quantitative estimate of drug-likeness (QED) is 0.641. The molecule has 6 heteroatoms. The second-order valence-corrected chi connectivity index (χ2v) is 5.74. The maximum absolute atomic E-state index is 12.8. The van der Waals surface area contributed by atoms with Crippen molar-refractivity contribution < 1.29 is 13.9 Å². The van der Waals surface area contributed by atoms with Crippen molar-refractivity contribution >= 4 is 16.9 Å². The summed E-state index contributed by atoms with van der Waals surface area (Å²) in [6, 6.07) is 15.6. The van der Waals surface area contributed by atoms with E-state index >= 15 is 0 Å². The number of halogens is 1. The van der Waals surface area contributed by atoms with Crippen LogP contribution in [0.3, 0.4) is 0 Å². The Bertz CT molecular complexity index is 863. The number of amides is 2. The highest BCUT2D eigenvalue weighted by Gasteiger charge is 2.03. The number of urea groups is 1. The Morgan fingerprint density at radius 2 is 1.77 bits per heavy atom. The molecule has 1 heterocycles. The summed E-state index contributed by atoms with van der Waals surface area (Å²) in [5.41, 5.74) is 1.78. The minimum atomic E-state index is -0.263. The second-order valence-electron chi connectivity index (χ2n) is 5.74. The maximum atomic E-state index is 12.8. The van der Waals surface area contributed by atoms with Gasteiger partial charge in [0.15, 0.2) is 0 Å². The Kier molecular flexibility index (Phi) is 5.98. The Hall–Kier alpha value is -3.15. The second kappa shape index (κ2) is 8.80. The number of carbonyl (C=O) groups is 1. The third-order valence-corrected chi connectivity index (χ3v) is 3.85. The van der Waals surface area contributed by atoms with Crippen LogP contribution in [0.1, 0.15) is 5.56 Å². The highest BCUT2D eigenvalue weighted by molar-refractivity contribution is 5.84. The first-order chi connectivity index (χ1) is 12.7. The molecule has 0 unspecified atom stereocenters. The molecule has 3 rings (SSSR count). The zero-order valence-electron chi connectivity index (χ0n) is 14.2. The third-order valence-electron chi connectivity index (χ3n) is 3.85. The number of hydrogen-bond donors (Lipinski definition) is 2. The predicted molar refractivity (Wildman–Crippen MR) is 98.7 cm³/mol. The van der Waals surface area contributed by atoms with Crippen molar-refractivity contribution in [1.82, 2.24) is 15.6 Å². The van der Waals surface area contributed by atoms with Crippen LogP contribution in [-0.2, 0) is 6.42 Å². The maximum Gasteiger partial charge on any atom is 0.314 e. The van der Waals surface area contributed by atoms with Gasteiger partial charge in [-0.2, -0.15) is 0 Å². The van der Waals surface area contributed by atoms with E-state index in [0.717, 1.165) is 16.5 Å². The van der Waals surface area contributed by atoms with E-state index in [1.54, 1.807) is 18.3 Å². The van der Waals surface area contributed by atoms with Gasteiger partial charge in [-0.15, -0.1) is 0 Å². The average Bonchev–Trinajstić information content (AvgIpc) is 2.67. The van der Waals surface area contributed by atoms with E-state index < -0.39 is 0 Å². The predicted octanol–water partition coefficient (Wildman–Crippen LogP) is 3.29. The lowest BCUT2D eigenvalue weighted by Crippen LogP contribution is -2.38. The van der Waals surface area contributed by atoms with Crippen LogP contribution in [0.2, 0.25) is 0 Å². The van der Waals surface area contributed by atoms with E-state index in [1.165, 1.54) is 12.1 Å². The number of rotatable bonds is 7. The van der Waals surface area contributed by atoms with Crippen molar-refractivity contribution in [2.24, 2.45) is 0 Å². The zero-order chi connectivity index (χ0) is 18.2. The van der Waals surface area contributed by atoms with Crippen molar-refractivity contribution in [2.75, 3.05) is 19.7 Å². The minimum absolute atomic E-state index is 0.258. The van der Waals surface area contributed by atoms with E-state index in [2.05, 4.69) is 15.6 Å². The Balaban J connectivity index is 1.36. The fraction of sp³-hybridized carbons (Fsp3) is 0.200. The molecule has 1 aromatic heterocycles. The highest BCUT2D eigenvalue weighted by Crippen LogP contribution is 2.22. The monoisotopic (exact) mass is 353 g/mol. The van der Waals surface area contributed by atoms with Gasteiger partial charge >= 0.3 is 6.03 Å². The number of nitrogens with one attached hydrogen (secondary N) is 2. The lowest BCUT2D eigenvalue weighted by atomic mass is 10.1. The number of para-hydroxylation sites is 1. The summed E-state index contributed by atoms with van der Waals surface area (Å²) >= 11 is 0. The van der Waals surface area contributed by atoms with Crippen LogP contribution in [0.5, 0.6) is 5.75 Å². The molecule has 0 aliphatic carbocycles. The van der Waals surface area contributed by atoms with Crippen molar-refractivity contribution in [3.63, 3.8) is 0 Å². The number of nitrogens with zero attached hydrogens (tertiary/aromatic N) is 1. The molecule has 0 radical (unpaired) electrons. The molecule has 0 saturated carbocycles. The molecule has 0 atom stereocenters. The number of hydrogen-bond acceptors (Lipinski definition) is 3. The molecule has 2 aromatic carbocycles. The summed E-state index contributed by atoms with van der Waals surface area (Å²) < 4.78 is 18.5. The van der Waals surface area contributed by atoms with Crippen LogP contribution in [0, 0.1) is 5.82 Å².